The molecular formula is C13H13ClFN3. The molecule has 2 aromatic rings. The second-order valence-electron chi connectivity index (χ2n) is 3.91. The molecule has 18 heavy (non-hydrogen) atoms. The minimum Gasteiger partial charge on any atom is -0.271 e. The van der Waals surface area contributed by atoms with Crippen molar-refractivity contribution in [3.05, 3.63) is 64.7 Å². The van der Waals surface area contributed by atoms with Gasteiger partial charge in [-0.15, -0.1) is 0 Å². The highest BCUT2D eigenvalue weighted by Crippen LogP contribution is 2.25. The number of hydrazine groups is 1. The van der Waals surface area contributed by atoms with Gasteiger partial charge in [0.15, 0.2) is 0 Å². The molecule has 2 rings (SSSR count). The number of hydrogen-bond acceptors (Lipinski definition) is 3. The summed E-state index contributed by atoms with van der Waals surface area (Å²) in [6, 6.07) is 9.73. The number of aromatic nitrogens is 1. The molecule has 1 heterocycles. The highest BCUT2D eigenvalue weighted by Gasteiger charge is 2.15. The number of benzene rings is 1. The van der Waals surface area contributed by atoms with E-state index in [2.05, 4.69) is 10.4 Å². The molecule has 3 N–H and O–H groups in total. The molecule has 0 aliphatic rings. The Morgan fingerprint density at radius 3 is 2.78 bits per heavy atom. The summed E-state index contributed by atoms with van der Waals surface area (Å²) in [6.45, 7) is 0. The van der Waals surface area contributed by atoms with Gasteiger partial charge in [0.1, 0.15) is 5.82 Å². The molecule has 0 radical (unpaired) electrons. The minimum absolute atomic E-state index is 0.201. The Hall–Kier alpha value is -1.49. The van der Waals surface area contributed by atoms with Gasteiger partial charge in [0.05, 0.1) is 6.04 Å². The lowest BCUT2D eigenvalue weighted by atomic mass is 10.0. The van der Waals surface area contributed by atoms with Crippen molar-refractivity contribution in [3.8, 4) is 0 Å². The van der Waals surface area contributed by atoms with Crippen LogP contribution in [0.3, 0.4) is 0 Å². The first-order valence-corrected chi connectivity index (χ1v) is 5.89. The van der Waals surface area contributed by atoms with Crippen LogP contribution in [-0.4, -0.2) is 4.98 Å². The molecular weight excluding hydrogens is 253 g/mol. The third kappa shape index (κ3) is 3.04. The second-order valence-corrected chi connectivity index (χ2v) is 4.32. The Morgan fingerprint density at radius 1 is 1.33 bits per heavy atom. The first kappa shape index (κ1) is 13.0. The Balaban J connectivity index is 2.23. The lowest BCUT2D eigenvalue weighted by Gasteiger charge is -2.17. The Morgan fingerprint density at radius 2 is 2.17 bits per heavy atom. The maximum Gasteiger partial charge on any atom is 0.124 e. The van der Waals surface area contributed by atoms with Crippen LogP contribution in [0.1, 0.15) is 17.3 Å². The fourth-order valence-corrected chi connectivity index (χ4v) is 2.07. The van der Waals surface area contributed by atoms with Crippen LogP contribution in [0, 0.1) is 5.82 Å². The van der Waals surface area contributed by atoms with Gasteiger partial charge in [0.25, 0.3) is 0 Å². The van der Waals surface area contributed by atoms with Crippen molar-refractivity contribution in [3.63, 3.8) is 0 Å². The van der Waals surface area contributed by atoms with Crippen molar-refractivity contribution < 1.29 is 4.39 Å². The summed E-state index contributed by atoms with van der Waals surface area (Å²) in [4.78, 5) is 4.23. The molecule has 0 amide bonds. The van der Waals surface area contributed by atoms with Crippen LogP contribution >= 0.6 is 11.6 Å². The van der Waals surface area contributed by atoms with Crippen LogP contribution in [0.15, 0.2) is 42.6 Å². The van der Waals surface area contributed by atoms with E-state index in [4.69, 9.17) is 17.4 Å². The number of halogens is 2. The average molecular weight is 266 g/mol. The van der Waals surface area contributed by atoms with Crippen molar-refractivity contribution in [2.75, 3.05) is 0 Å². The monoisotopic (exact) mass is 265 g/mol. The van der Waals surface area contributed by atoms with E-state index in [1.54, 1.807) is 12.3 Å². The molecule has 0 fully saturated rings. The number of nitrogens with zero attached hydrogens (tertiary/aromatic N) is 1. The number of nitrogens with two attached hydrogens (primary N) is 1. The molecule has 0 aliphatic heterocycles. The Labute approximate surface area is 110 Å². The topological polar surface area (TPSA) is 50.9 Å². The van der Waals surface area contributed by atoms with Gasteiger partial charge in [0, 0.05) is 23.3 Å². The zero-order valence-corrected chi connectivity index (χ0v) is 10.4. The summed E-state index contributed by atoms with van der Waals surface area (Å²) < 4.78 is 13.0. The zero-order chi connectivity index (χ0) is 13.0. The first-order chi connectivity index (χ1) is 8.70. The van der Waals surface area contributed by atoms with E-state index in [0.29, 0.717) is 11.4 Å². The summed E-state index contributed by atoms with van der Waals surface area (Å²) in [5.74, 6) is 5.17. The Bertz CT molecular complexity index is 519. The van der Waals surface area contributed by atoms with Crippen LogP contribution in [0.25, 0.3) is 0 Å². The van der Waals surface area contributed by atoms with Gasteiger partial charge >= 0.3 is 0 Å². The van der Waals surface area contributed by atoms with Crippen molar-refractivity contribution in [2.24, 2.45) is 5.84 Å². The lowest BCUT2D eigenvalue weighted by molar-refractivity contribution is 0.544. The summed E-state index contributed by atoms with van der Waals surface area (Å²) in [5, 5.41) is 0.355. The first-order valence-electron chi connectivity index (χ1n) is 5.51. The van der Waals surface area contributed by atoms with Crippen LogP contribution in [0.2, 0.25) is 5.02 Å². The summed E-state index contributed by atoms with van der Waals surface area (Å²) >= 11 is 6.01. The highest BCUT2D eigenvalue weighted by atomic mass is 35.5. The third-order valence-corrected chi connectivity index (χ3v) is 3.01. The van der Waals surface area contributed by atoms with Crippen LogP contribution in [0.4, 0.5) is 4.39 Å². The molecule has 1 aromatic heterocycles. The predicted octanol–water partition coefficient (Wildman–Crippen LogP) is 2.62. The number of nitrogens with one attached hydrogen (secondary N) is 1. The second kappa shape index (κ2) is 5.91. The molecule has 1 unspecified atom stereocenters. The normalized spacial score (nSPS) is 12.4. The van der Waals surface area contributed by atoms with Crippen LogP contribution in [0.5, 0.6) is 0 Å². The number of hydrogen-bond donors (Lipinski definition) is 2. The Kier molecular flexibility index (Phi) is 4.25. The molecule has 1 atom stereocenters. The number of rotatable bonds is 4. The lowest BCUT2D eigenvalue weighted by Crippen LogP contribution is -2.30. The van der Waals surface area contributed by atoms with Gasteiger partial charge in [-0.25, -0.2) is 4.39 Å². The summed E-state index contributed by atoms with van der Waals surface area (Å²) in [6.07, 6.45) is 2.30. The summed E-state index contributed by atoms with van der Waals surface area (Å²) in [7, 11) is 0. The van der Waals surface area contributed by atoms with Crippen molar-refractivity contribution >= 4 is 11.6 Å². The van der Waals surface area contributed by atoms with Gasteiger partial charge in [0.2, 0.25) is 0 Å². The molecule has 3 nitrogen and oxygen atoms in total. The molecule has 5 heteroatoms. The predicted molar refractivity (Wildman–Crippen MR) is 69.4 cm³/mol. The molecule has 94 valence electrons. The van der Waals surface area contributed by atoms with Crippen molar-refractivity contribution in [1.82, 2.24) is 10.4 Å². The summed E-state index contributed by atoms with van der Waals surface area (Å²) in [5.41, 5.74) is 4.33. The quantitative estimate of drug-likeness (QED) is 0.660. The van der Waals surface area contributed by atoms with E-state index in [9.17, 15) is 4.39 Å². The van der Waals surface area contributed by atoms with Crippen molar-refractivity contribution in [2.45, 2.75) is 12.5 Å². The molecule has 0 saturated heterocycles. The fourth-order valence-electron chi connectivity index (χ4n) is 1.77. The van der Waals surface area contributed by atoms with Crippen LogP contribution in [-0.2, 0) is 6.42 Å². The molecule has 0 aliphatic carbocycles. The SMILES string of the molecule is NNC(Cc1ccccn1)c1ccc(F)cc1Cl. The zero-order valence-electron chi connectivity index (χ0n) is 9.61. The number of pyridine rings is 1. The van der Waals surface area contributed by atoms with E-state index in [-0.39, 0.29) is 11.9 Å². The van der Waals surface area contributed by atoms with E-state index in [1.807, 2.05) is 18.2 Å². The van der Waals surface area contributed by atoms with Gasteiger partial charge in [-0.05, 0) is 29.8 Å². The molecule has 0 saturated carbocycles. The fraction of sp³-hybridized carbons (Fsp3) is 0.154. The van der Waals surface area contributed by atoms with Crippen molar-refractivity contribution in [1.29, 1.82) is 0 Å². The standard InChI is InChI=1S/C13H13ClFN3/c14-12-7-9(15)4-5-11(12)13(18-16)8-10-3-1-2-6-17-10/h1-7,13,18H,8,16H2. The van der Waals surface area contributed by atoms with E-state index >= 15 is 0 Å². The molecule has 0 bridgehead atoms. The van der Waals surface area contributed by atoms with Gasteiger partial charge < -0.3 is 0 Å². The average Bonchev–Trinajstić information content (AvgIpc) is 2.38. The van der Waals surface area contributed by atoms with E-state index in [1.165, 1.54) is 12.1 Å². The largest absolute Gasteiger partial charge is 0.271 e. The van der Waals surface area contributed by atoms with E-state index < -0.39 is 0 Å². The third-order valence-electron chi connectivity index (χ3n) is 2.68. The maximum atomic E-state index is 13.0. The maximum absolute atomic E-state index is 13.0. The molecule has 0 spiro atoms. The smallest absolute Gasteiger partial charge is 0.124 e. The van der Waals surface area contributed by atoms with E-state index in [0.717, 1.165) is 11.3 Å². The van der Waals surface area contributed by atoms with Gasteiger partial charge in [-0.1, -0.05) is 23.7 Å². The van der Waals surface area contributed by atoms with Gasteiger partial charge in [-0.3, -0.25) is 16.3 Å². The minimum atomic E-state index is -0.364. The highest BCUT2D eigenvalue weighted by molar-refractivity contribution is 6.31. The van der Waals surface area contributed by atoms with Crippen LogP contribution < -0.4 is 11.3 Å². The van der Waals surface area contributed by atoms with Gasteiger partial charge in [-0.2, -0.15) is 0 Å². The molecule has 1 aromatic carbocycles.